The molecule has 0 aliphatic carbocycles. The lowest BCUT2D eigenvalue weighted by Crippen LogP contribution is -2.35. The maximum atomic E-state index is 13.1. The van der Waals surface area contributed by atoms with E-state index in [1.165, 1.54) is 36.9 Å². The van der Waals surface area contributed by atoms with Crippen LogP contribution in [0.25, 0.3) is 0 Å². The summed E-state index contributed by atoms with van der Waals surface area (Å²) in [5.74, 6) is 4.42. The maximum Gasteiger partial charge on any atom is 0.293 e. The van der Waals surface area contributed by atoms with Gasteiger partial charge in [-0.1, -0.05) is 24.3 Å². The summed E-state index contributed by atoms with van der Waals surface area (Å²) >= 11 is 0. The van der Waals surface area contributed by atoms with Gasteiger partial charge in [0.2, 0.25) is 30.1 Å². The van der Waals surface area contributed by atoms with Crippen LogP contribution in [0.1, 0.15) is 95.9 Å². The highest BCUT2D eigenvalue weighted by atomic mass is 35.5. The van der Waals surface area contributed by atoms with E-state index < -0.39 is 30.1 Å². The van der Waals surface area contributed by atoms with Gasteiger partial charge >= 0.3 is 0 Å². The molecule has 3 heterocycles. The number of ketones is 2. The molecule has 3 aliphatic rings. The van der Waals surface area contributed by atoms with Gasteiger partial charge < -0.3 is 53.6 Å². The number of ether oxygens (including phenoxy) is 7. The number of benzene rings is 6. The normalized spacial score (nSPS) is 14.9. The number of nitrogens with two attached hydrogens (primary N) is 1. The van der Waals surface area contributed by atoms with Gasteiger partial charge in [0.05, 0.1) is 36.0 Å². The van der Waals surface area contributed by atoms with E-state index in [2.05, 4.69) is 40.6 Å². The molecule has 0 aromatic heterocycles. The number of nitrogens with zero attached hydrogens (tertiary/aromatic N) is 6. The number of methoxy groups -OCH3 is 3. The lowest BCUT2D eigenvalue weighted by Gasteiger charge is -2.29. The molecule has 2 N–H and O–H groups in total. The molecule has 3 aliphatic heterocycles. The zero-order chi connectivity index (χ0) is 75.8. The fraction of sp³-hybridized carbons (Fsp3) is 0.494. The molecule has 3 saturated heterocycles. The van der Waals surface area contributed by atoms with Crippen molar-refractivity contribution in [3.8, 4) is 34.5 Å². The Kier molecular flexibility index (Phi) is 37.0. The van der Waals surface area contributed by atoms with Gasteiger partial charge in [-0.3, -0.25) is 14.4 Å². The summed E-state index contributed by atoms with van der Waals surface area (Å²) in [7, 11) is 4.47. The molecular weight excluding hydrogens is 1450 g/mol. The Morgan fingerprint density at radius 3 is 0.924 bits per heavy atom. The van der Waals surface area contributed by atoms with Gasteiger partial charge in [-0.25, -0.2) is 33.9 Å². The number of likely N-dealkylation sites (tertiary alicyclic amines) is 3. The summed E-state index contributed by atoms with van der Waals surface area (Å²) in [5, 5.41) is 0. The first-order valence-corrected chi connectivity index (χ1v) is 39.1. The molecule has 0 radical (unpaired) electrons. The number of anilines is 1. The second-order valence-electron chi connectivity index (χ2n) is 26.9. The first-order chi connectivity index (χ1) is 48.8. The van der Waals surface area contributed by atoms with Crippen molar-refractivity contribution in [3.63, 3.8) is 0 Å². The van der Waals surface area contributed by atoms with Crippen LogP contribution in [0.15, 0.2) is 124 Å². The predicted molar refractivity (Wildman–Crippen MR) is 417 cm³/mol. The molecule has 9 rings (SSSR count). The fourth-order valence-electron chi connectivity index (χ4n) is 12.4. The number of piperidine rings is 3. The Morgan fingerprint density at radius 2 is 0.676 bits per heavy atom. The standard InChI is InChI=1S/2C26H36N2O5S.C13H19NO5S.C12H18N2O.2ClH/c2*1-19-16-25(32-5)17-20(2)26(19)34(30,31)28(4)15-10-22(29)18-21-6-8-23(9-7-21)33-24-11-13-27(3)14-12-24;1-10-7-12(18-4)8-11(2)13(10)20(16,17)14(3)5-6-19-9-15;1-14-8-6-12(7-9-14)15-11-4-2-10(13)3-5-11;;/h2*6-9,16-17,24H,10-15,18H2,1-5H3;7-9H,5-6H2,1-4H3;2-5,12H,6-9,13H2,1H3;2*1H. The van der Waals surface area contributed by atoms with Gasteiger partial charge in [0.1, 0.15) is 71.0 Å². The number of hydrogen-bond donors (Lipinski definition) is 1. The first kappa shape index (κ1) is 90.3. The quantitative estimate of drug-likeness (QED) is 0.0260. The summed E-state index contributed by atoms with van der Waals surface area (Å²) in [6, 6.07) is 33.1. The van der Waals surface area contributed by atoms with Crippen LogP contribution in [-0.4, -0.2) is 218 Å². The number of Topliss-reactive ketones (excluding diaryl/α,β-unsaturated/α-hetero) is 2. The van der Waals surface area contributed by atoms with Crippen molar-refractivity contribution in [2.75, 3.05) is 135 Å². The SMILES string of the molecule is CN1CCC(Oc2ccc(N)cc2)CC1.COc1cc(C)c(S(=O)(=O)N(C)CCC(=O)Cc2ccc(OC3CCN(C)CC3)cc2)c(C)c1.COc1cc(C)c(S(=O)(=O)N(C)CCC(=O)Cc2ccc(OC3CCN(C)CC3)cc2)c(C)c1.COc1cc(C)c(S(=O)(=O)N(C)CCOC=O)c(C)c1.Cl.Cl. The van der Waals surface area contributed by atoms with Gasteiger partial charge in [-0.05, 0) is 231 Å². The van der Waals surface area contributed by atoms with E-state index in [4.69, 9.17) is 34.2 Å². The van der Waals surface area contributed by atoms with Gasteiger partial charge in [0.15, 0.2) is 0 Å². The number of hydrogen-bond acceptors (Lipinski definition) is 20. The van der Waals surface area contributed by atoms with Gasteiger partial charge in [0.25, 0.3) is 6.47 Å². The highest BCUT2D eigenvalue weighted by Gasteiger charge is 2.30. The van der Waals surface area contributed by atoms with Crippen LogP contribution in [-0.2, 0) is 62.0 Å². The number of halogens is 2. The van der Waals surface area contributed by atoms with Crippen LogP contribution < -0.4 is 34.2 Å². The molecule has 0 saturated carbocycles. The summed E-state index contributed by atoms with van der Waals surface area (Å²) in [5.41, 5.74) is 11.9. The topological polar surface area (TPSA) is 264 Å². The van der Waals surface area contributed by atoms with E-state index in [1.54, 1.807) is 92.2 Å². The molecule has 0 atom stereocenters. The highest BCUT2D eigenvalue weighted by Crippen LogP contribution is 2.32. The summed E-state index contributed by atoms with van der Waals surface area (Å²) in [6.07, 6.45) is 7.96. The second-order valence-corrected chi connectivity index (χ2v) is 32.8. The minimum absolute atomic E-state index is 0. The van der Waals surface area contributed by atoms with Crippen molar-refractivity contribution in [2.24, 2.45) is 0 Å². The summed E-state index contributed by atoms with van der Waals surface area (Å²) < 4.78 is 119. The smallest absolute Gasteiger partial charge is 0.293 e. The molecular formula is C77H111Cl2N7O16S3. The molecule has 582 valence electrons. The lowest BCUT2D eigenvalue weighted by atomic mass is 10.1. The van der Waals surface area contributed by atoms with Crippen molar-refractivity contribution >= 4 is 78.6 Å². The number of likely N-dealkylation sites (N-methyl/N-ethyl adjacent to an activating group) is 1. The second kappa shape index (κ2) is 43.1. The van der Waals surface area contributed by atoms with E-state index in [0.717, 1.165) is 116 Å². The van der Waals surface area contributed by atoms with Crippen molar-refractivity contribution in [1.82, 2.24) is 27.6 Å². The molecule has 0 bridgehead atoms. The molecule has 28 heteroatoms. The van der Waals surface area contributed by atoms with E-state index >= 15 is 0 Å². The molecule has 105 heavy (non-hydrogen) atoms. The van der Waals surface area contributed by atoms with E-state index in [1.807, 2.05) is 72.8 Å². The largest absolute Gasteiger partial charge is 0.497 e. The Bertz CT molecular complexity index is 3830. The maximum absolute atomic E-state index is 13.1. The van der Waals surface area contributed by atoms with Crippen molar-refractivity contribution in [1.29, 1.82) is 0 Å². The molecule has 6 aromatic rings. The van der Waals surface area contributed by atoms with Crippen LogP contribution in [0.4, 0.5) is 5.69 Å². The van der Waals surface area contributed by atoms with E-state index in [9.17, 15) is 39.6 Å². The van der Waals surface area contributed by atoms with Gasteiger partial charge in [-0.2, -0.15) is 4.31 Å². The molecule has 0 amide bonds. The minimum Gasteiger partial charge on any atom is -0.497 e. The van der Waals surface area contributed by atoms with Crippen molar-refractivity contribution in [3.05, 3.63) is 154 Å². The first-order valence-electron chi connectivity index (χ1n) is 34.8. The predicted octanol–water partition coefficient (Wildman–Crippen LogP) is 10.9. The van der Waals surface area contributed by atoms with Crippen LogP contribution in [0, 0.1) is 41.5 Å². The third-order valence-corrected chi connectivity index (χ3v) is 24.9. The zero-order valence-electron chi connectivity index (χ0n) is 63.7. The average Bonchev–Trinajstić information content (AvgIpc) is 0.794. The van der Waals surface area contributed by atoms with Crippen LogP contribution in [0.2, 0.25) is 0 Å². The molecule has 23 nitrogen and oxygen atoms in total. The van der Waals surface area contributed by atoms with Crippen molar-refractivity contribution < 1.29 is 72.8 Å². The monoisotopic (exact) mass is 1560 g/mol. The summed E-state index contributed by atoms with van der Waals surface area (Å²) in [4.78, 5) is 42.9. The van der Waals surface area contributed by atoms with E-state index in [-0.39, 0.29) is 115 Å². The average molecular weight is 1560 g/mol. The third kappa shape index (κ3) is 27.6. The van der Waals surface area contributed by atoms with Gasteiger partial charge in [0, 0.05) is 111 Å². The zero-order valence-corrected chi connectivity index (χ0v) is 67.8. The van der Waals surface area contributed by atoms with Crippen LogP contribution in [0.3, 0.4) is 0 Å². The number of sulfonamides is 3. The number of aryl methyl sites for hydroxylation is 6. The molecule has 0 unspecified atom stereocenters. The Balaban J connectivity index is 0.000000308. The minimum atomic E-state index is -3.71. The number of nitrogen functional groups attached to an aromatic ring is 1. The summed E-state index contributed by atoms with van der Waals surface area (Å²) in [6.45, 7) is 17.5. The third-order valence-electron chi connectivity index (χ3n) is 18.5. The Labute approximate surface area is 636 Å². The Morgan fingerprint density at radius 1 is 0.429 bits per heavy atom. The fourth-order valence-corrected chi connectivity index (χ4v) is 17.1. The highest BCUT2D eigenvalue weighted by molar-refractivity contribution is 7.89. The van der Waals surface area contributed by atoms with Crippen LogP contribution >= 0.6 is 24.8 Å². The van der Waals surface area contributed by atoms with Crippen molar-refractivity contribution in [2.45, 2.75) is 139 Å². The number of carbonyl (C=O) groups excluding carboxylic acids is 3. The Hall–Kier alpha value is -7.08. The van der Waals surface area contributed by atoms with Gasteiger partial charge in [-0.15, -0.1) is 24.8 Å². The lowest BCUT2D eigenvalue weighted by molar-refractivity contribution is -0.128. The van der Waals surface area contributed by atoms with E-state index in [0.29, 0.717) is 63.2 Å². The number of carbonyl (C=O) groups is 3. The number of rotatable bonds is 29. The van der Waals surface area contributed by atoms with Crippen LogP contribution in [0.5, 0.6) is 34.5 Å². The molecule has 0 spiro atoms. The molecule has 6 aromatic carbocycles. The molecule has 3 fully saturated rings.